The fourth-order valence-corrected chi connectivity index (χ4v) is 5.71. The van der Waals surface area contributed by atoms with Gasteiger partial charge in [0.05, 0.1) is 17.0 Å². The molecule has 0 aliphatic carbocycles. The van der Waals surface area contributed by atoms with Crippen molar-refractivity contribution in [2.24, 2.45) is 0 Å². The van der Waals surface area contributed by atoms with Crippen molar-refractivity contribution in [1.29, 1.82) is 0 Å². The van der Waals surface area contributed by atoms with Gasteiger partial charge in [0, 0.05) is 10.1 Å². The molecule has 4 rings (SSSR count). The molecular weight excluding hydrogens is 558 g/mol. The Hall–Kier alpha value is -2.63. The quantitative estimate of drug-likeness (QED) is 0.314. The van der Waals surface area contributed by atoms with E-state index < -0.39 is 33.7 Å². The Morgan fingerprint density at radius 1 is 0.939 bits per heavy atom. The number of hydrogen-bond acceptors (Lipinski definition) is 4. The van der Waals surface area contributed by atoms with Crippen molar-refractivity contribution in [2.45, 2.75) is 23.8 Å². The third kappa shape index (κ3) is 4.99. The van der Waals surface area contributed by atoms with Crippen LogP contribution in [0.1, 0.15) is 12.0 Å². The number of hydrogen-bond donors (Lipinski definition) is 0. The molecule has 6 nitrogen and oxygen atoms in total. The molecule has 0 radical (unpaired) electrons. The highest BCUT2D eigenvalue weighted by molar-refractivity contribution is 14.1. The van der Waals surface area contributed by atoms with Crippen molar-refractivity contribution < 1.29 is 22.4 Å². The lowest BCUT2D eigenvalue weighted by atomic mass is 10.1. The average molecular weight is 578 g/mol. The number of carbonyl (C=O) groups is 2. The van der Waals surface area contributed by atoms with Crippen LogP contribution in [0.2, 0.25) is 0 Å². The molecule has 0 saturated carbocycles. The summed E-state index contributed by atoms with van der Waals surface area (Å²) in [5.74, 6) is -1.63. The third-order valence-electron chi connectivity index (χ3n) is 5.44. The molecule has 9 heteroatoms. The van der Waals surface area contributed by atoms with Crippen molar-refractivity contribution in [3.05, 3.63) is 93.8 Å². The molecule has 1 aliphatic heterocycles. The lowest BCUT2D eigenvalue weighted by molar-refractivity contribution is -0.122. The van der Waals surface area contributed by atoms with Gasteiger partial charge in [0.1, 0.15) is 11.9 Å². The number of imide groups is 1. The highest BCUT2D eigenvalue weighted by Crippen LogP contribution is 2.30. The van der Waals surface area contributed by atoms with Crippen LogP contribution in [0.5, 0.6) is 0 Å². The van der Waals surface area contributed by atoms with Crippen LogP contribution in [0, 0.1) is 9.39 Å². The zero-order valence-electron chi connectivity index (χ0n) is 17.4. The Balaban J connectivity index is 1.69. The Kier molecular flexibility index (Phi) is 6.91. The van der Waals surface area contributed by atoms with Crippen LogP contribution in [0.15, 0.2) is 83.8 Å². The van der Waals surface area contributed by atoms with Crippen LogP contribution < -0.4 is 4.90 Å². The number of carbonyl (C=O) groups excluding carboxylic acids is 2. The average Bonchev–Trinajstić information content (AvgIpc) is 3.09. The fourth-order valence-electron chi connectivity index (χ4n) is 3.77. The molecule has 1 fully saturated rings. The summed E-state index contributed by atoms with van der Waals surface area (Å²) < 4.78 is 42.4. The third-order valence-corrected chi connectivity index (χ3v) is 8.08. The zero-order chi connectivity index (χ0) is 23.6. The van der Waals surface area contributed by atoms with Gasteiger partial charge in [-0.3, -0.25) is 9.59 Å². The Bertz CT molecular complexity index is 1270. The summed E-state index contributed by atoms with van der Waals surface area (Å²) >= 11 is 2.12. The number of rotatable bonds is 7. The predicted octanol–water partition coefficient (Wildman–Crippen LogP) is 4.00. The van der Waals surface area contributed by atoms with Crippen molar-refractivity contribution in [3.8, 4) is 0 Å². The Labute approximate surface area is 205 Å². The van der Waals surface area contributed by atoms with E-state index >= 15 is 0 Å². The van der Waals surface area contributed by atoms with E-state index in [1.54, 1.807) is 24.3 Å². The maximum Gasteiger partial charge on any atom is 0.252 e. The van der Waals surface area contributed by atoms with Gasteiger partial charge in [-0.15, -0.1) is 0 Å². The van der Waals surface area contributed by atoms with Crippen molar-refractivity contribution >= 4 is 50.1 Å². The SMILES string of the molecule is O=C1CC(N(CCc2ccccc2)S(=O)(=O)c2ccc(F)cc2)C(=O)N1c1ccc(I)cc1. The molecule has 3 aromatic carbocycles. The van der Waals surface area contributed by atoms with Crippen LogP contribution in [-0.4, -0.2) is 37.1 Å². The molecule has 33 heavy (non-hydrogen) atoms. The van der Waals surface area contributed by atoms with E-state index in [0.29, 0.717) is 12.1 Å². The van der Waals surface area contributed by atoms with Crippen LogP contribution in [0.25, 0.3) is 0 Å². The van der Waals surface area contributed by atoms with E-state index in [4.69, 9.17) is 0 Å². The van der Waals surface area contributed by atoms with Gasteiger partial charge in [0.15, 0.2) is 0 Å². The van der Waals surface area contributed by atoms with E-state index in [1.807, 2.05) is 30.3 Å². The Morgan fingerprint density at radius 3 is 2.21 bits per heavy atom. The molecule has 0 N–H and O–H groups in total. The number of amides is 2. The summed E-state index contributed by atoms with van der Waals surface area (Å²) in [4.78, 5) is 27.0. The van der Waals surface area contributed by atoms with E-state index in [0.717, 1.165) is 30.5 Å². The minimum Gasteiger partial charge on any atom is -0.274 e. The maximum atomic E-state index is 13.5. The molecule has 0 aromatic heterocycles. The second-order valence-electron chi connectivity index (χ2n) is 7.57. The maximum absolute atomic E-state index is 13.5. The molecule has 2 amide bonds. The molecule has 1 aliphatic rings. The van der Waals surface area contributed by atoms with Gasteiger partial charge >= 0.3 is 0 Å². The first-order valence-electron chi connectivity index (χ1n) is 10.2. The number of sulfonamides is 1. The zero-order valence-corrected chi connectivity index (χ0v) is 20.4. The normalized spacial score (nSPS) is 16.6. The lowest BCUT2D eigenvalue weighted by Gasteiger charge is -2.27. The number of anilines is 1. The van der Waals surface area contributed by atoms with Crippen LogP contribution in [0.4, 0.5) is 10.1 Å². The van der Waals surface area contributed by atoms with Crippen molar-refractivity contribution in [1.82, 2.24) is 4.31 Å². The molecule has 0 spiro atoms. The van der Waals surface area contributed by atoms with Crippen molar-refractivity contribution in [3.63, 3.8) is 0 Å². The number of benzene rings is 3. The summed E-state index contributed by atoms with van der Waals surface area (Å²) in [5, 5.41) is 0. The second-order valence-corrected chi connectivity index (χ2v) is 10.7. The summed E-state index contributed by atoms with van der Waals surface area (Å²) in [5.41, 5.74) is 1.29. The number of halogens is 2. The van der Waals surface area contributed by atoms with Gasteiger partial charge < -0.3 is 0 Å². The minimum absolute atomic E-state index is 0.00601. The van der Waals surface area contributed by atoms with Gasteiger partial charge in [-0.2, -0.15) is 4.31 Å². The summed E-state index contributed by atoms with van der Waals surface area (Å²) in [6.45, 7) is -0.00601. The van der Waals surface area contributed by atoms with Gasteiger partial charge in [0.2, 0.25) is 15.9 Å². The van der Waals surface area contributed by atoms with Crippen molar-refractivity contribution in [2.75, 3.05) is 11.4 Å². The van der Waals surface area contributed by atoms with Gasteiger partial charge in [-0.05, 0) is 83.1 Å². The summed E-state index contributed by atoms with van der Waals surface area (Å²) in [7, 11) is -4.17. The predicted molar refractivity (Wildman–Crippen MR) is 130 cm³/mol. The van der Waals surface area contributed by atoms with Gasteiger partial charge in [0.25, 0.3) is 5.91 Å². The van der Waals surface area contributed by atoms with E-state index in [9.17, 15) is 22.4 Å². The molecule has 1 heterocycles. The first kappa shape index (κ1) is 23.5. The van der Waals surface area contributed by atoms with E-state index in [2.05, 4.69) is 22.6 Å². The Morgan fingerprint density at radius 2 is 1.58 bits per heavy atom. The first-order chi connectivity index (χ1) is 15.8. The minimum atomic E-state index is -4.17. The summed E-state index contributed by atoms with van der Waals surface area (Å²) in [6.07, 6.45) is 0.0861. The highest BCUT2D eigenvalue weighted by Gasteiger charge is 2.46. The molecular formula is C24H20FIN2O4S. The number of nitrogens with zero attached hydrogens (tertiary/aromatic N) is 2. The highest BCUT2D eigenvalue weighted by atomic mass is 127. The molecule has 170 valence electrons. The van der Waals surface area contributed by atoms with Crippen LogP contribution in [0.3, 0.4) is 0 Å². The smallest absolute Gasteiger partial charge is 0.252 e. The molecule has 3 aromatic rings. The van der Waals surface area contributed by atoms with Gasteiger partial charge in [-0.25, -0.2) is 17.7 Å². The molecule has 1 atom stereocenters. The second kappa shape index (κ2) is 9.70. The topological polar surface area (TPSA) is 74.8 Å². The van der Waals surface area contributed by atoms with E-state index in [-0.39, 0.29) is 17.9 Å². The van der Waals surface area contributed by atoms with Gasteiger partial charge in [-0.1, -0.05) is 30.3 Å². The van der Waals surface area contributed by atoms with E-state index in [1.165, 1.54) is 12.1 Å². The van der Waals surface area contributed by atoms with Crippen LogP contribution >= 0.6 is 22.6 Å². The molecule has 1 unspecified atom stereocenters. The standard InChI is InChI=1S/C24H20FIN2O4S/c25-18-6-12-21(13-7-18)33(31,32)27(15-14-17-4-2-1-3-5-17)22-16-23(29)28(24(22)30)20-10-8-19(26)9-11-20/h1-13,22H,14-16H2. The van der Waals surface area contributed by atoms with Crippen LogP contribution in [-0.2, 0) is 26.0 Å². The first-order valence-corrected chi connectivity index (χ1v) is 12.7. The fraction of sp³-hybridized carbons (Fsp3) is 0.167. The molecule has 0 bridgehead atoms. The lowest BCUT2D eigenvalue weighted by Crippen LogP contribution is -2.46. The summed E-state index contributed by atoms with van der Waals surface area (Å²) in [6, 6.07) is 19.4. The largest absolute Gasteiger partial charge is 0.274 e. The molecule has 1 saturated heterocycles. The monoisotopic (exact) mass is 578 g/mol.